The van der Waals surface area contributed by atoms with Gasteiger partial charge in [-0.3, -0.25) is 4.79 Å². The molecule has 1 rings (SSSR count). The molecule has 0 atom stereocenters. The molecule has 0 bridgehead atoms. The Labute approximate surface area is 115 Å². The minimum Gasteiger partial charge on any atom is -0.494 e. The maximum Gasteiger partial charge on any atom is 0.305 e. The first kappa shape index (κ1) is 14.8. The number of carboxylic acid groups (broad SMARTS) is 1. The van der Waals surface area contributed by atoms with Gasteiger partial charge in [-0.1, -0.05) is 15.9 Å². The van der Waals surface area contributed by atoms with Gasteiger partial charge in [-0.15, -0.1) is 0 Å². The average Bonchev–Trinajstić information content (AvgIpc) is 2.33. The van der Waals surface area contributed by atoms with Crippen LogP contribution in [0.3, 0.4) is 0 Å². The first-order valence-corrected chi connectivity index (χ1v) is 6.48. The molecule has 0 amide bonds. The second-order valence-corrected chi connectivity index (χ2v) is 4.96. The van der Waals surface area contributed by atoms with Crippen LogP contribution in [-0.4, -0.2) is 24.7 Å². The maximum atomic E-state index is 10.5. The number of carbonyl (C=O) groups is 1. The molecule has 0 saturated heterocycles. The SMILES string of the molecule is COc1c(C)c(C)c(Br)c(C)c1NCCC(=O)O. The number of carboxylic acids is 1. The lowest BCUT2D eigenvalue weighted by molar-refractivity contribution is -0.136. The summed E-state index contributed by atoms with van der Waals surface area (Å²) in [5, 5.41) is 11.8. The van der Waals surface area contributed by atoms with Gasteiger partial charge in [0.2, 0.25) is 0 Å². The van der Waals surface area contributed by atoms with Gasteiger partial charge in [0.05, 0.1) is 19.2 Å². The van der Waals surface area contributed by atoms with Gasteiger partial charge in [0.15, 0.2) is 0 Å². The lowest BCUT2D eigenvalue weighted by Crippen LogP contribution is -2.10. The second kappa shape index (κ2) is 6.09. The van der Waals surface area contributed by atoms with E-state index in [9.17, 15) is 4.79 Å². The Hall–Kier alpha value is -1.23. The van der Waals surface area contributed by atoms with Crippen LogP contribution >= 0.6 is 15.9 Å². The molecule has 0 radical (unpaired) electrons. The van der Waals surface area contributed by atoms with Gasteiger partial charge in [-0.05, 0) is 37.5 Å². The highest BCUT2D eigenvalue weighted by Gasteiger charge is 2.16. The zero-order chi connectivity index (χ0) is 13.9. The van der Waals surface area contributed by atoms with Crippen LogP contribution in [0.4, 0.5) is 5.69 Å². The molecule has 100 valence electrons. The Morgan fingerprint density at radius 1 is 1.28 bits per heavy atom. The molecule has 0 aromatic heterocycles. The van der Waals surface area contributed by atoms with Crippen LogP contribution in [0.1, 0.15) is 23.1 Å². The number of rotatable bonds is 5. The molecule has 0 unspecified atom stereocenters. The van der Waals surface area contributed by atoms with Crippen molar-refractivity contribution in [3.63, 3.8) is 0 Å². The van der Waals surface area contributed by atoms with Crippen molar-refractivity contribution in [1.29, 1.82) is 0 Å². The Kier molecular flexibility index (Phi) is 5.02. The highest BCUT2D eigenvalue weighted by Crippen LogP contribution is 2.39. The van der Waals surface area contributed by atoms with Crippen molar-refractivity contribution in [2.24, 2.45) is 0 Å². The molecule has 2 N–H and O–H groups in total. The Morgan fingerprint density at radius 3 is 2.39 bits per heavy atom. The van der Waals surface area contributed by atoms with Gasteiger partial charge < -0.3 is 15.2 Å². The quantitative estimate of drug-likeness (QED) is 0.875. The Morgan fingerprint density at radius 2 is 1.89 bits per heavy atom. The molecule has 5 heteroatoms. The van der Waals surface area contributed by atoms with Gasteiger partial charge in [-0.25, -0.2) is 0 Å². The molecule has 0 aliphatic rings. The summed E-state index contributed by atoms with van der Waals surface area (Å²) in [5.74, 6) is -0.0411. The van der Waals surface area contributed by atoms with Crippen molar-refractivity contribution in [3.8, 4) is 5.75 Å². The summed E-state index contributed by atoms with van der Waals surface area (Å²) in [7, 11) is 1.62. The van der Waals surface area contributed by atoms with E-state index >= 15 is 0 Å². The Balaban J connectivity index is 3.12. The molecule has 4 nitrogen and oxygen atoms in total. The molecule has 0 aliphatic heterocycles. The second-order valence-electron chi connectivity index (χ2n) is 4.17. The number of anilines is 1. The van der Waals surface area contributed by atoms with Crippen molar-refractivity contribution in [2.75, 3.05) is 19.0 Å². The largest absolute Gasteiger partial charge is 0.494 e. The molecule has 0 fully saturated rings. The number of hydrogen-bond donors (Lipinski definition) is 2. The summed E-state index contributed by atoms with van der Waals surface area (Å²) in [6, 6.07) is 0. The van der Waals surface area contributed by atoms with E-state index in [2.05, 4.69) is 21.2 Å². The van der Waals surface area contributed by atoms with Crippen molar-refractivity contribution in [3.05, 3.63) is 21.2 Å². The number of hydrogen-bond acceptors (Lipinski definition) is 3. The van der Waals surface area contributed by atoms with Crippen molar-refractivity contribution >= 4 is 27.6 Å². The fraction of sp³-hybridized carbons (Fsp3) is 0.462. The summed E-state index contributed by atoms with van der Waals surface area (Å²) < 4.78 is 6.45. The summed E-state index contributed by atoms with van der Waals surface area (Å²) in [6.07, 6.45) is 0.0765. The van der Waals surface area contributed by atoms with Crippen molar-refractivity contribution < 1.29 is 14.6 Å². The van der Waals surface area contributed by atoms with Gasteiger partial charge in [-0.2, -0.15) is 0 Å². The molecule has 0 spiro atoms. The first-order chi connectivity index (χ1) is 8.40. The van der Waals surface area contributed by atoms with Gasteiger partial charge >= 0.3 is 5.97 Å². The third-order valence-corrected chi connectivity index (χ3v) is 4.20. The topological polar surface area (TPSA) is 58.6 Å². The summed E-state index contributed by atoms with van der Waals surface area (Å²) in [5.41, 5.74) is 4.06. The lowest BCUT2D eigenvalue weighted by atomic mass is 10.0. The molecule has 0 heterocycles. The van der Waals surface area contributed by atoms with Crippen LogP contribution in [-0.2, 0) is 4.79 Å². The predicted molar refractivity (Wildman–Crippen MR) is 75.6 cm³/mol. The fourth-order valence-corrected chi connectivity index (χ4v) is 2.34. The van der Waals surface area contributed by atoms with Crippen LogP contribution in [0.5, 0.6) is 5.75 Å². The number of aliphatic carboxylic acids is 1. The maximum absolute atomic E-state index is 10.5. The number of benzene rings is 1. The highest BCUT2D eigenvalue weighted by molar-refractivity contribution is 9.10. The van der Waals surface area contributed by atoms with Crippen LogP contribution in [0.15, 0.2) is 4.47 Å². The third kappa shape index (κ3) is 2.96. The normalized spacial score (nSPS) is 10.3. The summed E-state index contributed by atoms with van der Waals surface area (Å²) in [6.45, 7) is 6.36. The van der Waals surface area contributed by atoms with Gasteiger partial charge in [0, 0.05) is 11.0 Å². The molecule has 0 aliphatic carbocycles. The smallest absolute Gasteiger partial charge is 0.305 e. The third-order valence-electron chi connectivity index (χ3n) is 3.01. The summed E-state index contributed by atoms with van der Waals surface area (Å²) in [4.78, 5) is 10.5. The van der Waals surface area contributed by atoms with E-state index in [0.717, 1.165) is 32.6 Å². The average molecular weight is 316 g/mol. The zero-order valence-electron chi connectivity index (χ0n) is 11.1. The molecule has 18 heavy (non-hydrogen) atoms. The van der Waals surface area contributed by atoms with Gasteiger partial charge in [0.25, 0.3) is 0 Å². The minimum atomic E-state index is -0.818. The van der Waals surface area contributed by atoms with Gasteiger partial charge in [0.1, 0.15) is 5.75 Å². The van der Waals surface area contributed by atoms with E-state index in [1.807, 2.05) is 20.8 Å². The number of nitrogens with one attached hydrogen (secondary N) is 1. The van der Waals surface area contributed by atoms with Crippen LogP contribution in [0.2, 0.25) is 0 Å². The fourth-order valence-electron chi connectivity index (χ4n) is 1.85. The number of methoxy groups -OCH3 is 1. The lowest BCUT2D eigenvalue weighted by Gasteiger charge is -2.19. The van der Waals surface area contributed by atoms with E-state index < -0.39 is 5.97 Å². The van der Waals surface area contributed by atoms with Crippen LogP contribution in [0.25, 0.3) is 0 Å². The van der Waals surface area contributed by atoms with Crippen molar-refractivity contribution in [2.45, 2.75) is 27.2 Å². The minimum absolute atomic E-state index is 0.0765. The van der Waals surface area contributed by atoms with Crippen LogP contribution in [0, 0.1) is 20.8 Å². The van der Waals surface area contributed by atoms with Crippen LogP contribution < -0.4 is 10.1 Å². The zero-order valence-corrected chi connectivity index (χ0v) is 12.6. The molecule has 1 aromatic rings. The van der Waals surface area contributed by atoms with E-state index in [1.165, 1.54) is 0 Å². The van der Waals surface area contributed by atoms with E-state index in [4.69, 9.17) is 9.84 Å². The summed E-state index contributed by atoms with van der Waals surface area (Å²) >= 11 is 3.55. The molecule has 1 aromatic carbocycles. The van der Waals surface area contributed by atoms with E-state index in [-0.39, 0.29) is 6.42 Å². The number of halogens is 1. The monoisotopic (exact) mass is 315 g/mol. The number of ether oxygens (including phenoxy) is 1. The molecule has 0 saturated carbocycles. The standard InChI is InChI=1S/C13H18BrNO3/c1-7-8(2)13(18-4)12(9(3)11(7)14)15-6-5-10(16)17/h15H,5-6H2,1-4H3,(H,16,17). The van der Waals surface area contributed by atoms with E-state index in [1.54, 1.807) is 7.11 Å². The highest BCUT2D eigenvalue weighted by atomic mass is 79.9. The first-order valence-electron chi connectivity index (χ1n) is 5.69. The Bertz CT molecular complexity index is 472. The van der Waals surface area contributed by atoms with Crippen molar-refractivity contribution in [1.82, 2.24) is 0 Å². The molecular weight excluding hydrogens is 298 g/mol. The van der Waals surface area contributed by atoms with E-state index in [0.29, 0.717) is 6.54 Å². The molecular formula is C13H18BrNO3. The predicted octanol–water partition coefficient (Wildman–Crippen LogP) is 3.27.